The molecule has 32 heavy (non-hydrogen) atoms. The smallest absolute Gasteiger partial charge is 0.124 e. The molecular weight excluding hydrogens is 400 g/mol. The molecule has 0 atom stereocenters. The number of rotatable bonds is 6. The Morgan fingerprint density at radius 3 is 1.41 bits per heavy atom. The molecule has 1 aliphatic carbocycles. The standard InChI is InChI=1S/C28H40O4/c1-20-14-24(16-22(18-31-3)26(20)29)28(12-10-8-6-5-7-9-11-13-28)25-15-21(2)27(30)23(17-25)19-32-4/h14-17,29-30H,5-13,18-19H2,1-4H3. The van der Waals surface area contributed by atoms with Gasteiger partial charge in [-0.05, 0) is 61.1 Å². The zero-order valence-electron chi connectivity index (χ0n) is 20.3. The van der Waals surface area contributed by atoms with E-state index in [1.54, 1.807) is 14.2 Å². The lowest BCUT2D eigenvalue weighted by atomic mass is 9.66. The lowest BCUT2D eigenvalue weighted by Crippen LogP contribution is -2.29. The first-order valence-electron chi connectivity index (χ1n) is 12.1. The van der Waals surface area contributed by atoms with Gasteiger partial charge < -0.3 is 19.7 Å². The van der Waals surface area contributed by atoms with Gasteiger partial charge in [-0.2, -0.15) is 0 Å². The van der Waals surface area contributed by atoms with Crippen molar-refractivity contribution in [2.75, 3.05) is 14.2 Å². The zero-order valence-corrected chi connectivity index (χ0v) is 20.3. The van der Waals surface area contributed by atoms with Gasteiger partial charge in [0.25, 0.3) is 0 Å². The summed E-state index contributed by atoms with van der Waals surface area (Å²) >= 11 is 0. The number of phenols is 2. The Labute approximate surface area is 193 Å². The molecule has 4 heteroatoms. The van der Waals surface area contributed by atoms with Crippen LogP contribution in [0.2, 0.25) is 0 Å². The largest absolute Gasteiger partial charge is 0.507 e. The molecule has 4 nitrogen and oxygen atoms in total. The van der Waals surface area contributed by atoms with Crippen LogP contribution in [0.5, 0.6) is 11.5 Å². The summed E-state index contributed by atoms with van der Waals surface area (Å²) in [6.45, 7) is 4.73. The molecule has 0 spiro atoms. The second-order valence-corrected chi connectivity index (χ2v) is 9.52. The number of benzene rings is 2. The van der Waals surface area contributed by atoms with Crippen LogP contribution in [0.15, 0.2) is 24.3 Å². The van der Waals surface area contributed by atoms with E-state index in [0.717, 1.165) is 35.1 Å². The molecule has 2 aromatic carbocycles. The molecule has 1 aliphatic rings. The van der Waals surface area contributed by atoms with E-state index in [-0.39, 0.29) is 5.41 Å². The lowest BCUT2D eigenvalue weighted by molar-refractivity contribution is 0.181. The average molecular weight is 441 g/mol. The fourth-order valence-corrected chi connectivity index (χ4v) is 5.40. The van der Waals surface area contributed by atoms with Crippen molar-refractivity contribution in [2.45, 2.75) is 90.3 Å². The number of aryl methyl sites for hydroxylation is 2. The molecule has 2 N–H and O–H groups in total. The Kier molecular flexibility index (Phi) is 8.61. The SMILES string of the molecule is COCc1cc(C2(c3cc(C)c(O)c(COC)c3)CCCCCCCCC2)cc(C)c1O. The first kappa shape index (κ1) is 24.6. The van der Waals surface area contributed by atoms with E-state index >= 15 is 0 Å². The van der Waals surface area contributed by atoms with Crippen LogP contribution in [-0.4, -0.2) is 24.4 Å². The molecule has 0 unspecified atom stereocenters. The Morgan fingerprint density at radius 2 is 1.03 bits per heavy atom. The van der Waals surface area contributed by atoms with Crippen LogP contribution in [-0.2, 0) is 28.1 Å². The van der Waals surface area contributed by atoms with Crippen LogP contribution in [0, 0.1) is 13.8 Å². The van der Waals surface area contributed by atoms with Crippen molar-refractivity contribution >= 4 is 0 Å². The molecule has 0 saturated heterocycles. The number of hydrogen-bond donors (Lipinski definition) is 2. The highest BCUT2D eigenvalue weighted by molar-refractivity contribution is 5.52. The maximum Gasteiger partial charge on any atom is 0.124 e. The summed E-state index contributed by atoms with van der Waals surface area (Å²) in [6, 6.07) is 8.63. The van der Waals surface area contributed by atoms with E-state index in [1.165, 1.54) is 56.1 Å². The van der Waals surface area contributed by atoms with Crippen molar-refractivity contribution in [1.82, 2.24) is 0 Å². The third-order valence-corrected chi connectivity index (χ3v) is 7.17. The fraction of sp³-hybridized carbons (Fsp3) is 0.571. The molecule has 0 amide bonds. The Morgan fingerprint density at radius 1 is 0.656 bits per heavy atom. The maximum atomic E-state index is 10.7. The van der Waals surface area contributed by atoms with Crippen molar-refractivity contribution < 1.29 is 19.7 Å². The first-order chi connectivity index (χ1) is 15.4. The van der Waals surface area contributed by atoms with Crippen LogP contribution in [0.1, 0.15) is 91.2 Å². The molecule has 0 heterocycles. The number of aromatic hydroxyl groups is 2. The molecular formula is C28H40O4. The number of phenolic OH excluding ortho intramolecular Hbond substituents is 2. The summed E-state index contributed by atoms with van der Waals surface area (Å²) in [5, 5.41) is 21.3. The molecule has 0 radical (unpaired) electrons. The van der Waals surface area contributed by atoms with Crippen molar-refractivity contribution in [3.8, 4) is 11.5 Å². The minimum Gasteiger partial charge on any atom is -0.507 e. The summed E-state index contributed by atoms with van der Waals surface area (Å²) in [5.74, 6) is 0.653. The third-order valence-electron chi connectivity index (χ3n) is 7.17. The second-order valence-electron chi connectivity index (χ2n) is 9.52. The predicted molar refractivity (Wildman–Crippen MR) is 129 cm³/mol. The first-order valence-corrected chi connectivity index (χ1v) is 12.1. The van der Waals surface area contributed by atoms with Gasteiger partial charge >= 0.3 is 0 Å². The van der Waals surface area contributed by atoms with Gasteiger partial charge in [-0.1, -0.05) is 57.1 Å². The maximum absolute atomic E-state index is 10.7. The van der Waals surface area contributed by atoms with E-state index in [4.69, 9.17) is 9.47 Å². The zero-order chi connectivity index (χ0) is 23.1. The van der Waals surface area contributed by atoms with E-state index in [0.29, 0.717) is 24.7 Å². The number of ether oxygens (including phenoxy) is 2. The van der Waals surface area contributed by atoms with Gasteiger partial charge in [-0.25, -0.2) is 0 Å². The van der Waals surface area contributed by atoms with Crippen molar-refractivity contribution in [3.05, 3.63) is 57.6 Å². The Balaban J connectivity index is 2.22. The van der Waals surface area contributed by atoms with Crippen molar-refractivity contribution in [3.63, 3.8) is 0 Å². The summed E-state index contributed by atoms with van der Waals surface area (Å²) < 4.78 is 10.8. The van der Waals surface area contributed by atoms with Gasteiger partial charge in [0.2, 0.25) is 0 Å². The van der Waals surface area contributed by atoms with Crippen molar-refractivity contribution in [1.29, 1.82) is 0 Å². The summed E-state index contributed by atoms with van der Waals surface area (Å²) in [5.41, 5.74) is 5.78. The van der Waals surface area contributed by atoms with Gasteiger partial charge in [-0.3, -0.25) is 0 Å². The molecule has 176 valence electrons. The predicted octanol–water partition coefficient (Wildman–Crippen LogP) is 6.82. The van der Waals surface area contributed by atoms with E-state index in [9.17, 15) is 10.2 Å². The monoisotopic (exact) mass is 440 g/mol. The average Bonchev–Trinajstić information content (AvgIpc) is 2.78. The molecule has 0 aromatic heterocycles. The highest BCUT2D eigenvalue weighted by Gasteiger charge is 2.35. The topological polar surface area (TPSA) is 58.9 Å². The number of hydrogen-bond acceptors (Lipinski definition) is 4. The summed E-state index contributed by atoms with van der Waals surface area (Å²) in [7, 11) is 3.34. The van der Waals surface area contributed by atoms with Crippen LogP contribution in [0.3, 0.4) is 0 Å². The Hall–Kier alpha value is -2.04. The van der Waals surface area contributed by atoms with Gasteiger partial charge in [-0.15, -0.1) is 0 Å². The van der Waals surface area contributed by atoms with Crippen LogP contribution in [0.4, 0.5) is 0 Å². The van der Waals surface area contributed by atoms with Crippen LogP contribution >= 0.6 is 0 Å². The molecule has 2 aromatic rings. The molecule has 1 saturated carbocycles. The van der Waals surface area contributed by atoms with E-state index in [1.807, 2.05) is 13.8 Å². The third kappa shape index (κ3) is 5.29. The molecule has 0 aliphatic heterocycles. The minimum absolute atomic E-state index is 0.167. The van der Waals surface area contributed by atoms with Crippen molar-refractivity contribution in [2.24, 2.45) is 0 Å². The van der Waals surface area contributed by atoms with Gasteiger partial charge in [0, 0.05) is 30.8 Å². The summed E-state index contributed by atoms with van der Waals surface area (Å²) in [4.78, 5) is 0. The van der Waals surface area contributed by atoms with E-state index < -0.39 is 0 Å². The quantitative estimate of drug-likeness (QED) is 0.517. The van der Waals surface area contributed by atoms with Gasteiger partial charge in [0.1, 0.15) is 11.5 Å². The van der Waals surface area contributed by atoms with Gasteiger partial charge in [0.15, 0.2) is 0 Å². The second kappa shape index (κ2) is 11.2. The normalized spacial score (nSPS) is 17.2. The lowest BCUT2D eigenvalue weighted by Gasteiger charge is -2.38. The Bertz CT molecular complexity index is 829. The van der Waals surface area contributed by atoms with E-state index in [2.05, 4.69) is 24.3 Å². The highest BCUT2D eigenvalue weighted by Crippen LogP contribution is 2.46. The summed E-state index contributed by atoms with van der Waals surface area (Å²) in [6.07, 6.45) is 10.8. The minimum atomic E-state index is -0.167. The van der Waals surface area contributed by atoms with Gasteiger partial charge in [0.05, 0.1) is 13.2 Å². The fourth-order valence-electron chi connectivity index (χ4n) is 5.40. The molecule has 0 bridgehead atoms. The molecule has 1 fully saturated rings. The van der Waals surface area contributed by atoms with Crippen LogP contribution in [0.25, 0.3) is 0 Å². The van der Waals surface area contributed by atoms with Crippen LogP contribution < -0.4 is 0 Å². The molecule has 3 rings (SSSR count). The number of methoxy groups -OCH3 is 2. The highest BCUT2D eigenvalue weighted by atomic mass is 16.5.